The lowest BCUT2D eigenvalue weighted by Crippen LogP contribution is -2.14. The molecule has 0 fully saturated rings. The Labute approximate surface area is 176 Å². The van der Waals surface area contributed by atoms with Crippen molar-refractivity contribution in [1.29, 1.82) is 0 Å². The molecular weight excluding hydrogens is 447 g/mol. The van der Waals surface area contributed by atoms with E-state index < -0.39 is 21.5 Å². The highest BCUT2D eigenvalue weighted by Gasteiger charge is 2.24. The van der Waals surface area contributed by atoms with Gasteiger partial charge in [-0.1, -0.05) is 28.3 Å². The van der Waals surface area contributed by atoms with Gasteiger partial charge in [-0.2, -0.15) is 8.78 Å². The van der Waals surface area contributed by atoms with Crippen LogP contribution in [0.1, 0.15) is 5.69 Å². The monoisotopic (exact) mass is 463 g/mol. The fourth-order valence-corrected chi connectivity index (χ4v) is 2.81. The number of hydrogen-bond donors (Lipinski definition) is 0. The van der Waals surface area contributed by atoms with Gasteiger partial charge >= 0.3 is 11.7 Å². The largest absolute Gasteiger partial charge is 0.376 e. The summed E-state index contributed by atoms with van der Waals surface area (Å²) in [6.45, 7) is 8.76. The topological polar surface area (TPSA) is 88.8 Å². The van der Waals surface area contributed by atoms with E-state index in [-0.39, 0.29) is 28.2 Å². The van der Waals surface area contributed by atoms with E-state index in [1.807, 2.05) is 0 Å². The third-order valence-corrected chi connectivity index (χ3v) is 5.39. The van der Waals surface area contributed by atoms with Crippen molar-refractivity contribution in [3.8, 4) is 5.75 Å². The Morgan fingerprint density at radius 1 is 1.40 bits per heavy atom. The van der Waals surface area contributed by atoms with E-state index >= 15 is 0 Å². The van der Waals surface area contributed by atoms with E-state index in [1.54, 1.807) is 33.0 Å². The first-order valence-corrected chi connectivity index (χ1v) is 10.2. The second-order valence-corrected chi connectivity index (χ2v) is 8.59. The van der Waals surface area contributed by atoms with E-state index in [0.717, 1.165) is 0 Å². The standard InChI is InChI=1S/C16H17ClF3N7O2S/c1-9-14(21-2)22-16(27(9)5)24-23-11-6-10(17)12(26(3)4)7-13(11)29-25-30(28,8-18)15(19)20/h6-7,15H,8H2,1,3-5H3. The number of imidazole rings is 1. The Balaban J connectivity index is 2.56. The van der Waals surface area contributed by atoms with Crippen LogP contribution in [0.25, 0.3) is 4.85 Å². The van der Waals surface area contributed by atoms with Gasteiger partial charge in [-0.15, -0.1) is 5.11 Å². The molecule has 0 saturated carbocycles. The highest BCUT2D eigenvalue weighted by molar-refractivity contribution is 7.93. The van der Waals surface area contributed by atoms with Gasteiger partial charge in [0.15, 0.2) is 21.5 Å². The maximum absolute atomic E-state index is 12.9. The SMILES string of the molecule is [C-]#[N+]c1nc(N=Nc2cc(Cl)c(N(C)C)cc2ON=S(=O)(CF)C(F)F)n(C)c1C. The number of halogens is 4. The van der Waals surface area contributed by atoms with Crippen LogP contribution in [-0.4, -0.2) is 39.6 Å². The van der Waals surface area contributed by atoms with E-state index in [1.165, 1.54) is 16.7 Å². The van der Waals surface area contributed by atoms with Crippen molar-refractivity contribution in [2.75, 3.05) is 25.0 Å². The number of hydrogen-bond acceptors (Lipinski definition) is 7. The van der Waals surface area contributed by atoms with Crippen LogP contribution >= 0.6 is 11.6 Å². The number of aromatic nitrogens is 2. The summed E-state index contributed by atoms with van der Waals surface area (Å²) in [4.78, 5) is 13.8. The number of nitrogens with zero attached hydrogens (tertiary/aromatic N) is 7. The minimum atomic E-state index is -4.55. The van der Waals surface area contributed by atoms with Crippen LogP contribution in [0.15, 0.2) is 26.9 Å². The van der Waals surface area contributed by atoms with Crippen molar-refractivity contribution in [2.45, 2.75) is 12.7 Å². The third-order valence-electron chi connectivity index (χ3n) is 3.89. The maximum Gasteiger partial charge on any atom is 0.344 e. The zero-order valence-electron chi connectivity index (χ0n) is 16.3. The van der Waals surface area contributed by atoms with Crippen LogP contribution in [0.5, 0.6) is 5.75 Å². The van der Waals surface area contributed by atoms with E-state index in [9.17, 15) is 17.4 Å². The first kappa shape index (κ1) is 23.4. The Morgan fingerprint density at radius 2 is 2.07 bits per heavy atom. The van der Waals surface area contributed by atoms with E-state index in [4.69, 9.17) is 23.0 Å². The van der Waals surface area contributed by atoms with Crippen molar-refractivity contribution < 1.29 is 22.2 Å². The second kappa shape index (κ2) is 9.31. The minimum Gasteiger partial charge on any atom is -0.376 e. The molecule has 0 spiro atoms. The summed E-state index contributed by atoms with van der Waals surface area (Å²) in [7, 11) is 0.402. The molecule has 1 heterocycles. The average Bonchev–Trinajstić information content (AvgIpc) is 2.98. The molecule has 1 aromatic carbocycles. The summed E-state index contributed by atoms with van der Waals surface area (Å²) >= 11 is 6.20. The molecule has 0 aliphatic heterocycles. The predicted octanol–water partition coefficient (Wildman–Crippen LogP) is 5.33. The lowest BCUT2D eigenvalue weighted by atomic mass is 10.2. The van der Waals surface area contributed by atoms with Crippen molar-refractivity contribution in [3.63, 3.8) is 0 Å². The molecule has 1 unspecified atom stereocenters. The summed E-state index contributed by atoms with van der Waals surface area (Å²) in [5, 5.41) is 8.08. The molecule has 0 aliphatic carbocycles. The van der Waals surface area contributed by atoms with Gasteiger partial charge in [0.05, 0.1) is 10.7 Å². The smallest absolute Gasteiger partial charge is 0.344 e. The lowest BCUT2D eigenvalue weighted by molar-refractivity contribution is 0.233. The third kappa shape index (κ3) is 4.82. The first-order valence-electron chi connectivity index (χ1n) is 8.11. The summed E-state index contributed by atoms with van der Waals surface area (Å²) in [6.07, 6.45) is 0. The van der Waals surface area contributed by atoms with Crippen LogP contribution in [0, 0.1) is 13.5 Å². The Bertz CT molecular complexity index is 1130. The second-order valence-electron chi connectivity index (χ2n) is 6.08. The zero-order chi connectivity index (χ0) is 22.6. The highest BCUT2D eigenvalue weighted by atomic mass is 35.5. The molecule has 0 saturated heterocycles. The first-order chi connectivity index (χ1) is 14.0. The highest BCUT2D eigenvalue weighted by Crippen LogP contribution is 2.39. The molecule has 30 heavy (non-hydrogen) atoms. The summed E-state index contributed by atoms with van der Waals surface area (Å²) < 4.78 is 54.7. The molecule has 2 rings (SSSR count). The molecule has 14 heteroatoms. The van der Waals surface area contributed by atoms with Crippen molar-refractivity contribution in [2.24, 2.45) is 21.8 Å². The van der Waals surface area contributed by atoms with Crippen LogP contribution < -0.4 is 9.74 Å². The van der Waals surface area contributed by atoms with Gasteiger partial charge in [0.1, 0.15) is 5.69 Å². The maximum atomic E-state index is 12.9. The molecule has 2 aromatic rings. The Hall–Kier alpha value is -2.85. The Kier molecular flexibility index (Phi) is 7.27. The van der Waals surface area contributed by atoms with Gasteiger partial charge in [-0.05, 0) is 17.5 Å². The van der Waals surface area contributed by atoms with Gasteiger partial charge in [-0.3, -0.25) is 0 Å². The van der Waals surface area contributed by atoms with Gasteiger partial charge in [-0.25, -0.2) is 8.60 Å². The van der Waals surface area contributed by atoms with Gasteiger partial charge in [0.25, 0.3) is 5.82 Å². The molecular formula is C16H17ClF3N7O2S. The Morgan fingerprint density at radius 3 is 2.57 bits per heavy atom. The van der Waals surface area contributed by atoms with Crippen molar-refractivity contribution >= 4 is 44.5 Å². The number of benzene rings is 1. The van der Waals surface area contributed by atoms with Crippen LogP contribution in [0.4, 0.5) is 36.3 Å². The van der Waals surface area contributed by atoms with Gasteiger partial charge in [0, 0.05) is 32.9 Å². The molecule has 0 N–H and O–H groups in total. The molecule has 1 atom stereocenters. The molecule has 9 nitrogen and oxygen atoms in total. The van der Waals surface area contributed by atoms with E-state index in [0.29, 0.717) is 11.4 Å². The molecule has 162 valence electrons. The summed E-state index contributed by atoms with van der Waals surface area (Å²) in [6, 6.07) is 0.732. The number of alkyl halides is 3. The van der Waals surface area contributed by atoms with Crippen LogP contribution in [0.3, 0.4) is 0 Å². The predicted molar refractivity (Wildman–Crippen MR) is 107 cm³/mol. The average molecular weight is 464 g/mol. The fourth-order valence-electron chi connectivity index (χ4n) is 2.07. The molecule has 0 bridgehead atoms. The minimum absolute atomic E-state index is 0.0609. The van der Waals surface area contributed by atoms with Crippen LogP contribution in [0.2, 0.25) is 5.02 Å². The van der Waals surface area contributed by atoms with Gasteiger partial charge < -0.3 is 19.1 Å². The summed E-state index contributed by atoms with van der Waals surface area (Å²) in [5.74, 6) is -3.55. The van der Waals surface area contributed by atoms with Crippen molar-refractivity contribution in [3.05, 3.63) is 34.3 Å². The van der Waals surface area contributed by atoms with Crippen LogP contribution in [-0.2, 0) is 16.8 Å². The quantitative estimate of drug-likeness (QED) is 0.315. The molecule has 0 amide bonds. The number of anilines is 1. The van der Waals surface area contributed by atoms with Crippen molar-refractivity contribution in [1.82, 2.24) is 9.55 Å². The number of azo groups is 1. The van der Waals surface area contributed by atoms with Gasteiger partial charge in [0.2, 0.25) is 0 Å². The fraction of sp³-hybridized carbons (Fsp3) is 0.375. The molecule has 0 aliphatic rings. The normalized spacial score (nSPS) is 13.3. The van der Waals surface area contributed by atoms with E-state index in [2.05, 4.69) is 24.6 Å². The molecule has 0 radical (unpaired) electrons. The number of rotatable bonds is 7. The lowest BCUT2D eigenvalue weighted by Gasteiger charge is -2.16. The zero-order valence-corrected chi connectivity index (χ0v) is 17.9. The molecule has 1 aromatic heterocycles. The summed E-state index contributed by atoms with van der Waals surface area (Å²) in [5.41, 5.74) is 0.910.